The number of rotatable bonds is 4. The van der Waals surface area contributed by atoms with Gasteiger partial charge in [0.2, 0.25) is 5.91 Å². The van der Waals surface area contributed by atoms with Crippen molar-refractivity contribution in [2.45, 2.75) is 32.4 Å². The average Bonchev–Trinajstić information content (AvgIpc) is 2.94. The van der Waals surface area contributed by atoms with Gasteiger partial charge < -0.3 is 10.2 Å². The second-order valence-electron chi connectivity index (χ2n) is 6.09. The monoisotopic (exact) mass is 298 g/mol. The molecule has 1 spiro atoms. The number of imidazole rings is 1. The molecule has 3 rings (SSSR count). The fraction of sp³-hybridized carbons (Fsp3) is 0.714. The van der Waals surface area contributed by atoms with Gasteiger partial charge in [-0.1, -0.05) is 0 Å². The molecule has 7 heteroatoms. The van der Waals surface area contributed by atoms with Crippen LogP contribution in [0.15, 0.2) is 12.4 Å². The number of carbonyl (C=O) groups is 1. The topological polar surface area (TPSA) is 50.2 Å². The van der Waals surface area contributed by atoms with E-state index in [9.17, 15) is 13.6 Å². The second kappa shape index (κ2) is 5.36. The van der Waals surface area contributed by atoms with Crippen LogP contribution in [0.3, 0.4) is 0 Å². The number of nitrogens with one attached hydrogen (secondary N) is 1. The Hall–Kier alpha value is -1.50. The van der Waals surface area contributed by atoms with E-state index in [2.05, 4.69) is 10.3 Å². The molecule has 0 radical (unpaired) electrons. The number of amides is 1. The Labute approximate surface area is 122 Å². The second-order valence-corrected chi connectivity index (χ2v) is 6.09. The molecule has 21 heavy (non-hydrogen) atoms. The van der Waals surface area contributed by atoms with Gasteiger partial charge in [0.05, 0.1) is 6.54 Å². The highest BCUT2D eigenvalue weighted by molar-refractivity contribution is 5.82. The van der Waals surface area contributed by atoms with Crippen LogP contribution in [-0.4, -0.2) is 40.5 Å². The zero-order valence-electron chi connectivity index (χ0n) is 12.1. The summed E-state index contributed by atoms with van der Waals surface area (Å²) in [4.78, 5) is 17.9. The number of carbonyl (C=O) groups excluding carboxylic acids is 1. The zero-order valence-corrected chi connectivity index (χ0v) is 12.1. The van der Waals surface area contributed by atoms with E-state index < -0.39 is 6.55 Å². The van der Waals surface area contributed by atoms with E-state index in [4.69, 9.17) is 0 Å². The molecule has 1 atom stereocenters. The van der Waals surface area contributed by atoms with Crippen molar-refractivity contribution in [1.29, 1.82) is 0 Å². The van der Waals surface area contributed by atoms with Gasteiger partial charge in [-0.15, -0.1) is 0 Å². The number of nitrogens with zero attached hydrogens (tertiary/aromatic N) is 3. The predicted octanol–water partition coefficient (Wildman–Crippen LogP) is 1.63. The summed E-state index contributed by atoms with van der Waals surface area (Å²) in [5, 5.41) is 3.30. The Morgan fingerprint density at radius 1 is 1.57 bits per heavy atom. The smallest absolute Gasteiger partial charge is 0.319 e. The maximum absolute atomic E-state index is 12.8. The van der Waals surface area contributed by atoms with Gasteiger partial charge in [0.15, 0.2) is 0 Å². The van der Waals surface area contributed by atoms with Gasteiger partial charge in [-0.25, -0.2) is 4.98 Å². The number of piperidine rings is 1. The lowest BCUT2D eigenvalue weighted by Gasteiger charge is -2.25. The Bertz CT molecular complexity index is 525. The van der Waals surface area contributed by atoms with Gasteiger partial charge in [0, 0.05) is 25.4 Å². The molecule has 2 aliphatic rings. The molecule has 1 aromatic heterocycles. The summed E-state index contributed by atoms with van der Waals surface area (Å²) < 4.78 is 26.4. The van der Waals surface area contributed by atoms with Gasteiger partial charge >= 0.3 is 6.55 Å². The van der Waals surface area contributed by atoms with Gasteiger partial charge in [-0.05, 0) is 37.8 Å². The SMILES string of the molecule is CN(Cc1nccn1C(F)F)C(=O)C1CC12CCNCC2. The predicted molar refractivity (Wildman–Crippen MR) is 72.6 cm³/mol. The van der Waals surface area contributed by atoms with Crippen molar-refractivity contribution in [3.63, 3.8) is 0 Å². The van der Waals surface area contributed by atoms with Crippen LogP contribution in [0.2, 0.25) is 0 Å². The number of aromatic nitrogens is 2. The molecule has 1 aliphatic heterocycles. The first kappa shape index (κ1) is 14.4. The molecule has 0 bridgehead atoms. The van der Waals surface area contributed by atoms with E-state index in [0.717, 1.165) is 36.9 Å². The van der Waals surface area contributed by atoms with E-state index in [-0.39, 0.29) is 29.6 Å². The van der Waals surface area contributed by atoms with Gasteiger partial charge in [0.1, 0.15) is 5.82 Å². The molecule has 1 aromatic rings. The maximum Gasteiger partial charge on any atom is 0.319 e. The standard InChI is InChI=1S/C14H20F2N4O/c1-19(9-11-18-6-7-20(11)13(15)16)12(21)10-8-14(10)2-4-17-5-3-14/h6-7,10,13,17H,2-5,8-9H2,1H3. The Balaban J connectivity index is 1.62. The first-order valence-electron chi connectivity index (χ1n) is 7.29. The van der Waals surface area contributed by atoms with Gasteiger partial charge in [0.25, 0.3) is 0 Å². The molecule has 5 nitrogen and oxygen atoms in total. The summed E-state index contributed by atoms with van der Waals surface area (Å²) in [5.41, 5.74) is 0.161. The first-order valence-corrected chi connectivity index (χ1v) is 7.29. The lowest BCUT2D eigenvalue weighted by atomic mass is 9.91. The summed E-state index contributed by atoms with van der Waals surface area (Å²) in [5.74, 6) is 0.334. The quantitative estimate of drug-likeness (QED) is 0.919. The maximum atomic E-state index is 12.8. The molecule has 1 amide bonds. The van der Waals surface area contributed by atoms with Crippen LogP contribution in [0.1, 0.15) is 31.6 Å². The summed E-state index contributed by atoms with van der Waals surface area (Å²) in [6.07, 6.45) is 5.57. The highest BCUT2D eigenvalue weighted by Gasteiger charge is 2.58. The highest BCUT2D eigenvalue weighted by Crippen LogP contribution is 2.59. The highest BCUT2D eigenvalue weighted by atomic mass is 19.3. The Morgan fingerprint density at radius 2 is 2.29 bits per heavy atom. The van der Waals surface area contributed by atoms with Crippen molar-refractivity contribution < 1.29 is 13.6 Å². The van der Waals surface area contributed by atoms with Crippen molar-refractivity contribution in [2.24, 2.45) is 11.3 Å². The summed E-state index contributed by atoms with van der Waals surface area (Å²) in [7, 11) is 1.67. The minimum atomic E-state index is -2.62. The van der Waals surface area contributed by atoms with Crippen LogP contribution in [0, 0.1) is 11.3 Å². The molecule has 1 N–H and O–H groups in total. The van der Waals surface area contributed by atoms with E-state index in [1.165, 1.54) is 17.3 Å². The first-order chi connectivity index (χ1) is 10.0. The van der Waals surface area contributed by atoms with Crippen LogP contribution in [0.4, 0.5) is 8.78 Å². The van der Waals surface area contributed by atoms with Crippen LogP contribution < -0.4 is 5.32 Å². The molecule has 1 unspecified atom stereocenters. The van der Waals surface area contributed by atoms with E-state index in [1.807, 2.05) is 0 Å². The number of halogens is 2. The largest absolute Gasteiger partial charge is 0.338 e. The number of hydrogen-bond donors (Lipinski definition) is 1. The third-order valence-corrected chi connectivity index (χ3v) is 4.80. The lowest BCUT2D eigenvalue weighted by Crippen LogP contribution is -2.34. The molecule has 0 aromatic carbocycles. The molecule has 1 aliphatic carbocycles. The van der Waals surface area contributed by atoms with Crippen LogP contribution in [0.5, 0.6) is 0 Å². The third-order valence-electron chi connectivity index (χ3n) is 4.80. The van der Waals surface area contributed by atoms with Gasteiger partial charge in [-0.3, -0.25) is 9.36 Å². The van der Waals surface area contributed by atoms with Crippen molar-refractivity contribution in [3.8, 4) is 0 Å². The molecule has 1 saturated heterocycles. The molecule has 1 saturated carbocycles. The van der Waals surface area contributed by atoms with Crippen molar-refractivity contribution in [2.75, 3.05) is 20.1 Å². The summed E-state index contributed by atoms with van der Waals surface area (Å²) in [6, 6.07) is 0. The lowest BCUT2D eigenvalue weighted by molar-refractivity contribution is -0.133. The molecule has 116 valence electrons. The van der Waals surface area contributed by atoms with E-state index in [1.54, 1.807) is 7.05 Å². The van der Waals surface area contributed by atoms with E-state index in [0.29, 0.717) is 0 Å². The van der Waals surface area contributed by atoms with Crippen molar-refractivity contribution in [1.82, 2.24) is 19.8 Å². The fourth-order valence-electron chi connectivity index (χ4n) is 3.37. The molecule has 2 fully saturated rings. The summed E-state index contributed by atoms with van der Waals surface area (Å²) in [6.45, 7) is -0.573. The minimum Gasteiger partial charge on any atom is -0.338 e. The van der Waals surface area contributed by atoms with E-state index >= 15 is 0 Å². The van der Waals surface area contributed by atoms with Gasteiger partial charge in [-0.2, -0.15) is 8.78 Å². The van der Waals surface area contributed by atoms with Crippen LogP contribution in [0.25, 0.3) is 0 Å². The average molecular weight is 298 g/mol. The number of alkyl halides is 2. The number of hydrogen-bond acceptors (Lipinski definition) is 3. The molecular formula is C14H20F2N4O. The fourth-order valence-corrected chi connectivity index (χ4v) is 3.37. The Kier molecular flexibility index (Phi) is 3.69. The minimum absolute atomic E-state index is 0.0552. The van der Waals surface area contributed by atoms with Crippen LogP contribution in [-0.2, 0) is 11.3 Å². The third kappa shape index (κ3) is 2.66. The Morgan fingerprint density at radius 3 is 2.95 bits per heavy atom. The molecular weight excluding hydrogens is 278 g/mol. The zero-order chi connectivity index (χ0) is 15.0. The normalized spacial score (nSPS) is 23.5. The van der Waals surface area contributed by atoms with Crippen molar-refractivity contribution in [3.05, 3.63) is 18.2 Å². The van der Waals surface area contributed by atoms with Crippen LogP contribution >= 0.6 is 0 Å². The summed E-state index contributed by atoms with van der Waals surface area (Å²) >= 11 is 0. The molecule has 2 heterocycles. The van der Waals surface area contributed by atoms with Crippen molar-refractivity contribution >= 4 is 5.91 Å².